The lowest BCUT2D eigenvalue weighted by Crippen LogP contribution is -2.41. The lowest BCUT2D eigenvalue weighted by molar-refractivity contribution is -0.131. The van der Waals surface area contributed by atoms with Gasteiger partial charge in [-0.3, -0.25) is 9.59 Å². The van der Waals surface area contributed by atoms with Gasteiger partial charge in [-0.25, -0.2) is 0 Å². The van der Waals surface area contributed by atoms with Crippen molar-refractivity contribution in [2.24, 2.45) is 0 Å². The summed E-state index contributed by atoms with van der Waals surface area (Å²) in [7, 11) is 1.62. The van der Waals surface area contributed by atoms with Gasteiger partial charge in [-0.1, -0.05) is 6.07 Å². The maximum atomic E-state index is 12.0. The number of carbonyl (C=O) groups is 2. The first-order valence-electron chi connectivity index (χ1n) is 6.18. The van der Waals surface area contributed by atoms with Gasteiger partial charge in [0.25, 0.3) is 5.91 Å². The second kappa shape index (κ2) is 5.30. The molecule has 1 aromatic heterocycles. The van der Waals surface area contributed by atoms with E-state index in [1.165, 1.54) is 16.2 Å². The second-order valence-electron chi connectivity index (χ2n) is 5.20. The van der Waals surface area contributed by atoms with E-state index in [1.807, 2.05) is 11.4 Å². The van der Waals surface area contributed by atoms with Gasteiger partial charge in [0, 0.05) is 20.1 Å². The summed E-state index contributed by atoms with van der Waals surface area (Å²) >= 11 is 1.36. The molecule has 1 unspecified atom stereocenters. The van der Waals surface area contributed by atoms with Gasteiger partial charge in [-0.15, -0.1) is 11.3 Å². The number of likely N-dealkylation sites (tertiary alicyclic amines) is 1. The Morgan fingerprint density at radius 1 is 1.58 bits per heavy atom. The molecule has 6 heteroatoms. The number of carbonyl (C=O) groups excluding carboxylic acids is 2. The van der Waals surface area contributed by atoms with Crippen molar-refractivity contribution in [2.75, 3.05) is 26.7 Å². The summed E-state index contributed by atoms with van der Waals surface area (Å²) in [4.78, 5) is 27.7. The van der Waals surface area contributed by atoms with Crippen LogP contribution in [0.5, 0.6) is 0 Å². The molecular weight excluding hydrogens is 264 g/mol. The number of hydrogen-bond acceptors (Lipinski definition) is 4. The minimum atomic E-state index is -0.800. The van der Waals surface area contributed by atoms with E-state index in [-0.39, 0.29) is 18.4 Å². The van der Waals surface area contributed by atoms with E-state index in [0.29, 0.717) is 24.4 Å². The first kappa shape index (κ1) is 14.0. The standard InChI is InChI=1S/C13H18N2O3S/c1-13(18)5-6-15(9-13)11(16)8-14(2)12(17)10-4-3-7-19-10/h3-4,7,18H,5-6,8-9H2,1-2H3. The van der Waals surface area contributed by atoms with Crippen molar-refractivity contribution in [1.29, 1.82) is 0 Å². The van der Waals surface area contributed by atoms with Gasteiger partial charge in [-0.2, -0.15) is 0 Å². The zero-order valence-electron chi connectivity index (χ0n) is 11.1. The first-order valence-corrected chi connectivity index (χ1v) is 7.06. The summed E-state index contributed by atoms with van der Waals surface area (Å²) in [5, 5.41) is 11.7. The Kier molecular flexibility index (Phi) is 3.91. The van der Waals surface area contributed by atoms with Crippen LogP contribution in [-0.4, -0.2) is 59.0 Å². The number of likely N-dealkylation sites (N-methyl/N-ethyl adjacent to an activating group) is 1. The van der Waals surface area contributed by atoms with E-state index < -0.39 is 5.60 Å². The quantitative estimate of drug-likeness (QED) is 0.892. The highest BCUT2D eigenvalue weighted by atomic mass is 32.1. The highest BCUT2D eigenvalue weighted by Gasteiger charge is 2.34. The molecule has 1 aromatic rings. The number of hydrogen-bond donors (Lipinski definition) is 1. The minimum Gasteiger partial charge on any atom is -0.388 e. The molecule has 0 radical (unpaired) electrons. The van der Waals surface area contributed by atoms with E-state index in [2.05, 4.69) is 0 Å². The zero-order valence-corrected chi connectivity index (χ0v) is 11.9. The molecule has 0 spiro atoms. The van der Waals surface area contributed by atoms with Crippen LogP contribution in [0.4, 0.5) is 0 Å². The Bertz CT molecular complexity index is 470. The van der Waals surface area contributed by atoms with Gasteiger partial charge in [0.15, 0.2) is 0 Å². The average Bonchev–Trinajstić information content (AvgIpc) is 2.96. The molecule has 1 aliphatic rings. The third-order valence-electron chi connectivity index (χ3n) is 3.26. The Morgan fingerprint density at radius 3 is 2.84 bits per heavy atom. The van der Waals surface area contributed by atoms with E-state index in [1.54, 1.807) is 24.9 Å². The van der Waals surface area contributed by atoms with E-state index in [4.69, 9.17) is 0 Å². The van der Waals surface area contributed by atoms with Crippen LogP contribution in [0.25, 0.3) is 0 Å². The fourth-order valence-corrected chi connectivity index (χ4v) is 2.84. The van der Waals surface area contributed by atoms with E-state index in [0.717, 1.165) is 0 Å². The maximum absolute atomic E-state index is 12.0. The molecule has 2 amide bonds. The van der Waals surface area contributed by atoms with Crippen molar-refractivity contribution in [3.63, 3.8) is 0 Å². The number of nitrogens with zero attached hydrogens (tertiary/aromatic N) is 2. The predicted octanol–water partition coefficient (Wildman–Crippen LogP) is 0.803. The zero-order chi connectivity index (χ0) is 14.0. The molecule has 1 aliphatic heterocycles. The van der Waals surface area contributed by atoms with Crippen molar-refractivity contribution >= 4 is 23.2 Å². The smallest absolute Gasteiger partial charge is 0.264 e. The van der Waals surface area contributed by atoms with Gasteiger partial charge in [0.2, 0.25) is 5.91 Å². The minimum absolute atomic E-state index is 0.0484. The van der Waals surface area contributed by atoms with E-state index >= 15 is 0 Å². The molecular formula is C13H18N2O3S. The Hall–Kier alpha value is -1.40. The Balaban J connectivity index is 1.91. The Labute approximate surface area is 116 Å². The van der Waals surface area contributed by atoms with Gasteiger partial charge in [-0.05, 0) is 24.8 Å². The van der Waals surface area contributed by atoms with E-state index in [9.17, 15) is 14.7 Å². The number of thiophene rings is 1. The second-order valence-corrected chi connectivity index (χ2v) is 6.15. The third kappa shape index (κ3) is 3.33. The normalized spacial score (nSPS) is 22.6. The largest absolute Gasteiger partial charge is 0.388 e. The molecule has 0 aromatic carbocycles. The number of β-amino-alcohol motifs (C(OH)–C–C–N with tert-alkyl or cyclic N) is 1. The van der Waals surface area contributed by atoms with Crippen LogP contribution in [0, 0.1) is 0 Å². The number of rotatable bonds is 3. The molecule has 104 valence electrons. The Morgan fingerprint density at radius 2 is 2.32 bits per heavy atom. The monoisotopic (exact) mass is 282 g/mol. The fourth-order valence-electron chi connectivity index (χ4n) is 2.12. The van der Waals surface area contributed by atoms with Crippen molar-refractivity contribution in [1.82, 2.24) is 9.80 Å². The van der Waals surface area contributed by atoms with Crippen LogP contribution in [0.1, 0.15) is 23.0 Å². The van der Waals surface area contributed by atoms with Gasteiger partial charge in [0.05, 0.1) is 17.0 Å². The van der Waals surface area contributed by atoms with Crippen LogP contribution < -0.4 is 0 Å². The molecule has 1 N–H and O–H groups in total. The topological polar surface area (TPSA) is 60.9 Å². The highest BCUT2D eigenvalue weighted by Crippen LogP contribution is 2.20. The molecule has 1 fully saturated rings. The van der Waals surface area contributed by atoms with Crippen LogP contribution >= 0.6 is 11.3 Å². The molecule has 2 heterocycles. The predicted molar refractivity (Wildman–Crippen MR) is 73.1 cm³/mol. The average molecular weight is 282 g/mol. The molecule has 0 saturated carbocycles. The lowest BCUT2D eigenvalue weighted by Gasteiger charge is -2.22. The first-order chi connectivity index (χ1) is 8.89. The highest BCUT2D eigenvalue weighted by molar-refractivity contribution is 7.12. The molecule has 1 saturated heterocycles. The maximum Gasteiger partial charge on any atom is 0.264 e. The molecule has 5 nitrogen and oxygen atoms in total. The lowest BCUT2D eigenvalue weighted by atomic mass is 10.1. The summed E-state index contributed by atoms with van der Waals surface area (Å²) in [5.74, 6) is -0.264. The van der Waals surface area contributed by atoms with Crippen LogP contribution in [0.15, 0.2) is 17.5 Å². The molecule has 0 aliphatic carbocycles. The molecule has 1 atom stereocenters. The van der Waals surface area contributed by atoms with Gasteiger partial charge in [0.1, 0.15) is 0 Å². The van der Waals surface area contributed by atoms with Crippen molar-refractivity contribution in [2.45, 2.75) is 18.9 Å². The summed E-state index contributed by atoms with van der Waals surface area (Å²) in [6.45, 7) is 2.66. The summed E-state index contributed by atoms with van der Waals surface area (Å²) in [6.07, 6.45) is 0.585. The molecule has 0 bridgehead atoms. The third-order valence-corrected chi connectivity index (χ3v) is 4.11. The number of amides is 2. The fraction of sp³-hybridized carbons (Fsp3) is 0.538. The van der Waals surface area contributed by atoms with Gasteiger partial charge < -0.3 is 14.9 Å². The van der Waals surface area contributed by atoms with Crippen LogP contribution in [0.2, 0.25) is 0 Å². The SMILES string of the molecule is CN(CC(=O)N1CCC(C)(O)C1)C(=O)c1cccs1. The summed E-state index contributed by atoms with van der Waals surface area (Å²) in [5.41, 5.74) is -0.800. The van der Waals surface area contributed by atoms with Gasteiger partial charge >= 0.3 is 0 Å². The summed E-state index contributed by atoms with van der Waals surface area (Å²) in [6, 6.07) is 3.56. The van der Waals surface area contributed by atoms with Crippen LogP contribution in [-0.2, 0) is 4.79 Å². The number of aliphatic hydroxyl groups is 1. The van der Waals surface area contributed by atoms with Crippen molar-refractivity contribution in [3.05, 3.63) is 22.4 Å². The molecule has 19 heavy (non-hydrogen) atoms. The van der Waals surface area contributed by atoms with Crippen molar-refractivity contribution < 1.29 is 14.7 Å². The summed E-state index contributed by atoms with van der Waals surface area (Å²) < 4.78 is 0. The molecule has 2 rings (SSSR count). The van der Waals surface area contributed by atoms with Crippen LogP contribution in [0.3, 0.4) is 0 Å². The van der Waals surface area contributed by atoms with Crippen molar-refractivity contribution in [3.8, 4) is 0 Å².